The highest BCUT2D eigenvalue weighted by molar-refractivity contribution is 6.24. The van der Waals surface area contributed by atoms with Crippen molar-refractivity contribution in [3.05, 3.63) is 141 Å². The number of carbonyl (C=O) groups is 6. The summed E-state index contributed by atoms with van der Waals surface area (Å²) in [6.45, 7) is 17.5. The number of ketones is 1. The molecule has 9 heterocycles. The van der Waals surface area contributed by atoms with Gasteiger partial charge < -0.3 is 85.1 Å². The molecular weight excluding hydrogens is 1390 g/mol. The maximum atomic E-state index is 15.3. The minimum Gasteiger partial charge on any atom is -0.507 e. The zero-order valence-corrected chi connectivity index (χ0v) is 61.5. The molecule has 0 spiro atoms. The van der Waals surface area contributed by atoms with Crippen LogP contribution in [0.15, 0.2) is 101 Å². The van der Waals surface area contributed by atoms with Gasteiger partial charge in [-0.25, -0.2) is 20.0 Å². The summed E-state index contributed by atoms with van der Waals surface area (Å²) in [7, 11) is 4.90. The molecule has 0 unspecified atom stereocenters. The number of pyridine rings is 2. The lowest BCUT2D eigenvalue weighted by Gasteiger charge is -2.38. The number of hydrogen-bond donors (Lipinski definition) is 11. The number of nitrogens with zero attached hydrogens (tertiary/aromatic N) is 8. The summed E-state index contributed by atoms with van der Waals surface area (Å²) in [6, 6.07) is 4.79. The van der Waals surface area contributed by atoms with Gasteiger partial charge in [0.15, 0.2) is 17.3 Å². The molecule has 0 radical (unpaired) electrons. The molecule has 31 nitrogen and oxygen atoms in total. The number of methoxy groups -OCH3 is 2. The topological polar surface area (TPSA) is 441 Å². The normalized spacial score (nSPS) is 25.8. The van der Waals surface area contributed by atoms with E-state index in [0.717, 1.165) is 51.9 Å². The van der Waals surface area contributed by atoms with E-state index in [2.05, 4.69) is 35.6 Å². The molecule has 1 saturated carbocycles. The molecule has 3 aromatic carbocycles. The number of hydrogen-bond acceptors (Lipinski definition) is 26. The number of hydrazone groups is 1. The molecule has 11 atom stereocenters. The van der Waals surface area contributed by atoms with Gasteiger partial charge in [-0.3, -0.25) is 49.2 Å². The van der Waals surface area contributed by atoms with Crippen molar-refractivity contribution >= 4 is 74.7 Å². The number of rotatable bonds is 10. The summed E-state index contributed by atoms with van der Waals surface area (Å²) in [4.78, 5) is 101. The minimum absolute atomic E-state index is 0.0559. The molecule has 7 aliphatic rings. The monoisotopic (exact) mass is 1480 g/mol. The Kier molecular flexibility index (Phi) is 26.1. The van der Waals surface area contributed by atoms with Gasteiger partial charge in [0.25, 0.3) is 23.5 Å². The number of amides is 3. The molecule has 6 aromatic rings. The molecular formula is C75H94FN13O18. The van der Waals surface area contributed by atoms with Gasteiger partial charge in [0.05, 0.1) is 77.2 Å². The van der Waals surface area contributed by atoms with Crippen LogP contribution in [0.3, 0.4) is 0 Å². The molecule has 5 bridgehead atoms. The van der Waals surface area contributed by atoms with Crippen molar-refractivity contribution < 1.29 is 87.5 Å². The number of nitrogens with one attached hydrogen (secondary N) is 3. The number of benzene rings is 3. The summed E-state index contributed by atoms with van der Waals surface area (Å²) in [5.74, 6) is -5.38. The predicted molar refractivity (Wildman–Crippen MR) is 394 cm³/mol. The third-order valence-electron chi connectivity index (χ3n) is 20.2. The Balaban J connectivity index is 0.000000222. The van der Waals surface area contributed by atoms with E-state index in [4.69, 9.17) is 35.3 Å². The molecule has 32 heteroatoms. The number of likely N-dealkylation sites (N-methyl/N-ethyl adjacent to an activating group) is 1. The highest BCUT2D eigenvalue weighted by Gasteiger charge is 2.50. The first-order valence-electron chi connectivity index (χ1n) is 35.1. The number of carboxylic acids is 1. The number of esters is 1. The lowest BCUT2D eigenvalue weighted by atomic mass is 9.78. The highest BCUT2D eigenvalue weighted by Crippen LogP contribution is 2.55. The number of phenols is 3. The number of halogens is 1. The van der Waals surface area contributed by atoms with Gasteiger partial charge in [-0.2, -0.15) is 5.10 Å². The lowest BCUT2D eigenvalue weighted by molar-refractivity contribution is -0.160. The Morgan fingerprint density at radius 1 is 0.888 bits per heavy atom. The second-order valence-electron chi connectivity index (χ2n) is 27.6. The Bertz CT molecular complexity index is 4480. The van der Waals surface area contributed by atoms with Crippen molar-refractivity contribution in [2.24, 2.45) is 46.3 Å². The molecule has 574 valence electrons. The number of anilines is 2. The van der Waals surface area contributed by atoms with E-state index in [0.29, 0.717) is 54.1 Å². The van der Waals surface area contributed by atoms with Crippen molar-refractivity contribution in [2.75, 3.05) is 77.3 Å². The number of aliphatic hydroxyl groups is 2. The summed E-state index contributed by atoms with van der Waals surface area (Å²) < 4.78 is 46.4. The maximum Gasteiger partial charge on any atom is 0.341 e. The molecule has 1 aliphatic carbocycles. The quantitative estimate of drug-likeness (QED) is 0.0143. The van der Waals surface area contributed by atoms with Gasteiger partial charge in [0, 0.05) is 149 Å². The lowest BCUT2D eigenvalue weighted by Crippen LogP contribution is -2.46. The Hall–Kier alpha value is -10.6. The van der Waals surface area contributed by atoms with E-state index in [1.807, 2.05) is 17.4 Å². The van der Waals surface area contributed by atoms with E-state index in [1.54, 1.807) is 61.6 Å². The Morgan fingerprint density at radius 3 is 2.19 bits per heavy atom. The number of phenolic OH excluding ortho intramolecular Hbond substituents is 3. The van der Waals surface area contributed by atoms with Crippen LogP contribution >= 0.6 is 0 Å². The Labute approximate surface area is 616 Å². The number of primary amides is 1. The number of aromatic carboxylic acids is 1. The van der Waals surface area contributed by atoms with Crippen LogP contribution in [0.1, 0.15) is 133 Å². The van der Waals surface area contributed by atoms with Crippen LogP contribution in [-0.2, 0) is 23.8 Å². The van der Waals surface area contributed by atoms with Crippen molar-refractivity contribution in [1.82, 2.24) is 40.2 Å². The van der Waals surface area contributed by atoms with Crippen LogP contribution in [0, 0.1) is 42.3 Å². The highest BCUT2D eigenvalue weighted by atomic mass is 19.1. The number of fused-ring (bicyclic) bond motifs is 16. The van der Waals surface area contributed by atoms with Gasteiger partial charge in [-0.1, -0.05) is 45.9 Å². The first kappa shape index (κ1) is 80.5. The predicted octanol–water partition coefficient (Wildman–Crippen LogP) is 5.97. The van der Waals surface area contributed by atoms with Gasteiger partial charge in [0.1, 0.15) is 40.3 Å². The molecule has 3 saturated heterocycles. The molecule has 3 aromatic heterocycles. The number of piperidine rings is 1. The number of ether oxygens (including phenoxy) is 5. The van der Waals surface area contributed by atoms with E-state index in [9.17, 15) is 64.2 Å². The number of aromatic hydroxyl groups is 3. The second-order valence-corrected chi connectivity index (χ2v) is 27.6. The largest absolute Gasteiger partial charge is 0.507 e. The number of allylic oxidation sites excluding steroid dienone is 2. The molecule has 6 aliphatic heterocycles. The summed E-state index contributed by atoms with van der Waals surface area (Å²) in [5, 5.41) is 79.9. The first-order valence-corrected chi connectivity index (χ1v) is 35.1. The third-order valence-corrected chi connectivity index (χ3v) is 20.2. The molecule has 3 amide bonds. The zero-order chi connectivity index (χ0) is 78.0. The number of nitrogens with two attached hydrogens (primary N) is 2. The Morgan fingerprint density at radius 2 is 1.59 bits per heavy atom. The average molecular weight is 1480 g/mol. The summed E-state index contributed by atoms with van der Waals surface area (Å²) in [6.07, 6.45) is 17.5. The molecule has 13 rings (SSSR count). The van der Waals surface area contributed by atoms with Crippen molar-refractivity contribution in [3.63, 3.8) is 0 Å². The van der Waals surface area contributed by atoms with Crippen LogP contribution in [0.4, 0.5) is 15.8 Å². The summed E-state index contributed by atoms with van der Waals surface area (Å²) >= 11 is 0. The fraction of sp³-hybridized carbons (Fsp3) is 0.453. The van der Waals surface area contributed by atoms with Gasteiger partial charge in [-0.15, -0.1) is 0 Å². The number of Topliss-reactive ketones (excluding diaryl/α,β-unsaturated/α-hetero) is 1. The number of carboxylic acid groups (broad SMARTS) is 1. The van der Waals surface area contributed by atoms with Gasteiger partial charge in [-0.05, 0) is 83.3 Å². The maximum absolute atomic E-state index is 15.3. The van der Waals surface area contributed by atoms with Crippen LogP contribution in [0.25, 0.3) is 21.7 Å². The molecule has 107 heavy (non-hydrogen) atoms. The van der Waals surface area contributed by atoms with Crippen molar-refractivity contribution in [1.29, 1.82) is 0 Å². The smallest absolute Gasteiger partial charge is 0.341 e. The van der Waals surface area contributed by atoms with Gasteiger partial charge in [0.2, 0.25) is 5.43 Å². The molecule has 13 N–H and O–H groups in total. The second kappa shape index (κ2) is 34.7. The minimum atomic E-state index is -2.04. The number of piperazine rings is 1. The number of carbonyl (C=O) groups excluding carboxylic acids is 5. The SMILES string of the molecule is CO[C@H]1/C=C/O[C@@]2(C)Oc3c(C)c(O)c4c(O)c(c(/C=N/N5CCN(C)CC5)c(O)c4c3C2=O)NC(=O)/C(C)=C\C=C\[C@@H](C)[C@@H](O)[C@@H](C)[C@H](O)[C@H](C)[C@H](OC(C)=O)[C@@H]1C.COc1c(N2C[C@@H]3CCCN[C@@H]3C2)c(F)cc2c(=O)c(C(=O)O)cn(C3CC3)c12.NC(=O)c1cnccn1.NNC(=O)c1ccncc1. The van der Waals surface area contributed by atoms with Gasteiger partial charge >= 0.3 is 17.7 Å². The van der Waals surface area contributed by atoms with Crippen molar-refractivity contribution in [2.45, 2.75) is 123 Å². The van der Waals surface area contributed by atoms with E-state index in [1.165, 1.54) is 110 Å². The first-order chi connectivity index (χ1) is 50.9. The number of hydrazine groups is 1. The van der Waals surface area contributed by atoms with Crippen LogP contribution < -0.4 is 47.4 Å². The summed E-state index contributed by atoms with van der Waals surface area (Å²) in [5.41, 5.74) is 7.09. The number of aliphatic hydroxyl groups excluding tert-OH is 2. The number of aromatic nitrogens is 4. The van der Waals surface area contributed by atoms with E-state index >= 15 is 4.39 Å². The van der Waals surface area contributed by atoms with Crippen LogP contribution in [0.2, 0.25) is 0 Å². The van der Waals surface area contributed by atoms with E-state index in [-0.39, 0.29) is 73.1 Å². The van der Waals surface area contributed by atoms with E-state index < -0.39 is 112 Å². The zero-order valence-electron chi connectivity index (χ0n) is 61.5. The van der Waals surface area contributed by atoms with Crippen molar-refractivity contribution in [3.8, 4) is 28.7 Å². The van der Waals surface area contributed by atoms with Crippen LogP contribution in [0.5, 0.6) is 28.7 Å². The fourth-order valence-corrected chi connectivity index (χ4v) is 13.9. The van der Waals surface area contributed by atoms with Crippen LogP contribution in [-0.4, -0.2) is 205 Å². The fourth-order valence-electron chi connectivity index (χ4n) is 13.9. The third kappa shape index (κ3) is 17.8. The number of nitrogen functional groups attached to an aromatic ring is 1. The molecule has 4 fully saturated rings. The standard InChI is InChI=1S/C43H58N4O12.C21H24FN3O4.C6H7N3O.C5H5N3O/c1-21-12-11-13-22(2)42(55)45-33-28(20-44-47-17-15-46(9)16-18-47)37(52)30-31(38(33)53)36(51)26(6)40-32(30)41(54)43(8,59-40)57-19-14-29(56-10)23(3)39(58-27(7)48)25(5)35(50)24(4)34(21)49;1-29-20-17-13(19(26)14(21(27)28)9-25(17)12-4-5-12)7-15(22)18(20)24-8-11-3-2-6-23-16(11)10-24;7-9-6(10)5-1-3-8-4-2-5;6-5(9)4-3-7-1-2-8-4/h11-14,19-21,23-25,29,34-35,39,49-53H,15-18H2,1-10H3,(H,45,55);7,9,11-12,16,23H,2-6,8,10H2,1H3,(H,27,28);1-4H,7H2,(H,9,10);1-3H,(H2,6,9)/b12-11+,19-14+,22-13-,44-20+;;;/t21-,23-,24-,25+,29+,34-,35+,39-,43+;11-,16+;;/m10../s1. The average Bonchev–Trinajstić information content (AvgIpc) is 1.65.